The van der Waals surface area contributed by atoms with E-state index in [0.717, 1.165) is 5.56 Å². The number of rotatable bonds is 4. The maximum absolute atomic E-state index is 12.3. The smallest absolute Gasteiger partial charge is 0.257 e. The number of hydrogen-bond acceptors (Lipinski definition) is 5. The molecule has 0 aliphatic heterocycles. The van der Waals surface area contributed by atoms with Crippen molar-refractivity contribution in [2.75, 3.05) is 19.5 Å². The first-order valence-corrected chi connectivity index (χ1v) is 7.20. The Morgan fingerprint density at radius 1 is 1.13 bits per heavy atom. The lowest BCUT2D eigenvalue weighted by atomic mass is 10.2. The standard InChI is InChI=1S/C16H17N3O3S/c1-10-4-5-17-14(6-10)18-16(23)19-15(20)11-7-12(21-2)9-13(8-11)22-3/h4-9H,1-3H3,(H2,17,18,19,20,23). The van der Waals surface area contributed by atoms with Crippen LogP contribution in [-0.4, -0.2) is 30.2 Å². The summed E-state index contributed by atoms with van der Waals surface area (Å²) < 4.78 is 10.3. The third-order valence-electron chi connectivity index (χ3n) is 3.00. The van der Waals surface area contributed by atoms with E-state index in [9.17, 15) is 4.79 Å². The number of aromatic nitrogens is 1. The molecule has 0 saturated heterocycles. The third kappa shape index (κ3) is 4.65. The van der Waals surface area contributed by atoms with Gasteiger partial charge in [-0.2, -0.15) is 0 Å². The highest BCUT2D eigenvalue weighted by Gasteiger charge is 2.11. The first-order chi connectivity index (χ1) is 11.0. The number of hydrogen-bond donors (Lipinski definition) is 2. The van der Waals surface area contributed by atoms with Gasteiger partial charge in [0.15, 0.2) is 5.11 Å². The van der Waals surface area contributed by atoms with Crippen molar-refractivity contribution in [2.45, 2.75) is 6.92 Å². The van der Waals surface area contributed by atoms with E-state index in [2.05, 4.69) is 15.6 Å². The molecule has 1 aromatic heterocycles. The van der Waals surface area contributed by atoms with Crippen molar-refractivity contribution in [3.05, 3.63) is 47.7 Å². The molecule has 0 fully saturated rings. The summed E-state index contributed by atoms with van der Waals surface area (Å²) in [7, 11) is 3.04. The molecule has 1 heterocycles. The number of carbonyl (C=O) groups is 1. The second-order valence-corrected chi connectivity index (χ2v) is 5.14. The monoisotopic (exact) mass is 331 g/mol. The van der Waals surface area contributed by atoms with Crippen LogP contribution in [0.15, 0.2) is 36.5 Å². The number of benzene rings is 1. The molecule has 23 heavy (non-hydrogen) atoms. The van der Waals surface area contributed by atoms with Crippen molar-refractivity contribution in [3.8, 4) is 11.5 Å². The molecule has 0 atom stereocenters. The molecule has 0 bridgehead atoms. The first-order valence-electron chi connectivity index (χ1n) is 6.80. The van der Waals surface area contributed by atoms with E-state index in [1.54, 1.807) is 24.4 Å². The van der Waals surface area contributed by atoms with E-state index in [1.165, 1.54) is 14.2 Å². The average molecular weight is 331 g/mol. The first kappa shape index (κ1) is 16.7. The third-order valence-corrected chi connectivity index (χ3v) is 3.20. The van der Waals surface area contributed by atoms with Crippen molar-refractivity contribution >= 4 is 29.1 Å². The zero-order valence-corrected chi connectivity index (χ0v) is 13.9. The van der Waals surface area contributed by atoms with Crippen LogP contribution in [0.2, 0.25) is 0 Å². The van der Waals surface area contributed by atoms with Crippen molar-refractivity contribution in [3.63, 3.8) is 0 Å². The molecule has 1 amide bonds. The number of aryl methyl sites for hydroxylation is 1. The lowest BCUT2D eigenvalue weighted by Gasteiger charge is -2.11. The molecule has 0 aliphatic rings. The quantitative estimate of drug-likeness (QED) is 0.839. The Labute approximate surface area is 139 Å². The molecule has 1 aromatic carbocycles. The molecule has 2 rings (SSSR count). The lowest BCUT2D eigenvalue weighted by molar-refractivity contribution is 0.0977. The highest BCUT2D eigenvalue weighted by Crippen LogP contribution is 2.22. The minimum absolute atomic E-state index is 0.162. The summed E-state index contributed by atoms with van der Waals surface area (Å²) in [5, 5.41) is 5.63. The summed E-state index contributed by atoms with van der Waals surface area (Å²) in [6.45, 7) is 1.94. The van der Waals surface area contributed by atoms with E-state index in [0.29, 0.717) is 22.9 Å². The van der Waals surface area contributed by atoms with Gasteiger partial charge in [0.05, 0.1) is 14.2 Å². The van der Waals surface area contributed by atoms with E-state index < -0.39 is 0 Å². The van der Waals surface area contributed by atoms with Crippen LogP contribution in [0, 0.1) is 6.92 Å². The summed E-state index contributed by atoms with van der Waals surface area (Å²) in [5.41, 5.74) is 1.41. The molecule has 0 aliphatic carbocycles. The molecule has 7 heteroatoms. The molecule has 0 unspecified atom stereocenters. The van der Waals surface area contributed by atoms with Gasteiger partial charge in [0.25, 0.3) is 5.91 Å². The highest BCUT2D eigenvalue weighted by atomic mass is 32.1. The van der Waals surface area contributed by atoms with Gasteiger partial charge in [0.1, 0.15) is 17.3 Å². The van der Waals surface area contributed by atoms with Crippen LogP contribution in [0.25, 0.3) is 0 Å². The van der Waals surface area contributed by atoms with E-state index in [-0.39, 0.29) is 11.0 Å². The van der Waals surface area contributed by atoms with Crippen molar-refractivity contribution in [2.24, 2.45) is 0 Å². The van der Waals surface area contributed by atoms with Gasteiger partial charge in [-0.05, 0) is 49.0 Å². The second kappa shape index (κ2) is 7.55. The largest absolute Gasteiger partial charge is 0.497 e. The number of anilines is 1. The fourth-order valence-electron chi connectivity index (χ4n) is 1.87. The van der Waals surface area contributed by atoms with Crippen molar-refractivity contribution in [1.29, 1.82) is 0 Å². The number of carbonyl (C=O) groups excluding carboxylic acids is 1. The Morgan fingerprint density at radius 2 is 1.78 bits per heavy atom. The Kier molecular flexibility index (Phi) is 5.48. The molecule has 0 saturated carbocycles. The molecule has 0 spiro atoms. The summed E-state index contributed by atoms with van der Waals surface area (Å²) in [6.07, 6.45) is 1.66. The normalized spacial score (nSPS) is 9.87. The summed E-state index contributed by atoms with van der Waals surface area (Å²) in [4.78, 5) is 16.4. The molecular weight excluding hydrogens is 314 g/mol. The van der Waals surface area contributed by atoms with E-state index in [1.807, 2.05) is 19.1 Å². The maximum Gasteiger partial charge on any atom is 0.257 e. The minimum atomic E-state index is -0.368. The maximum atomic E-state index is 12.3. The van der Waals surface area contributed by atoms with Crippen LogP contribution in [0.5, 0.6) is 11.5 Å². The molecule has 6 nitrogen and oxygen atoms in total. The van der Waals surface area contributed by atoms with Crippen LogP contribution >= 0.6 is 12.2 Å². The van der Waals surface area contributed by atoms with Gasteiger partial charge in [-0.25, -0.2) is 4.98 Å². The van der Waals surface area contributed by atoms with Crippen LogP contribution in [-0.2, 0) is 0 Å². The summed E-state index contributed by atoms with van der Waals surface area (Å²) in [6, 6.07) is 8.59. The number of nitrogens with zero attached hydrogens (tertiary/aromatic N) is 1. The van der Waals surface area contributed by atoms with Crippen molar-refractivity contribution < 1.29 is 14.3 Å². The minimum Gasteiger partial charge on any atom is -0.497 e. The number of ether oxygens (including phenoxy) is 2. The Bertz CT molecular complexity index is 712. The predicted octanol–water partition coefficient (Wildman–Crippen LogP) is 2.53. The Hall–Kier alpha value is -2.67. The van der Waals surface area contributed by atoms with E-state index in [4.69, 9.17) is 21.7 Å². The highest BCUT2D eigenvalue weighted by molar-refractivity contribution is 7.80. The summed E-state index contributed by atoms with van der Waals surface area (Å²) in [5.74, 6) is 1.24. The Balaban J connectivity index is 2.07. The molecular formula is C16H17N3O3S. The van der Waals surface area contributed by atoms with Crippen LogP contribution in [0.1, 0.15) is 15.9 Å². The zero-order valence-electron chi connectivity index (χ0n) is 13.0. The summed E-state index contributed by atoms with van der Waals surface area (Å²) >= 11 is 5.13. The SMILES string of the molecule is COc1cc(OC)cc(C(=O)NC(=S)Nc2cc(C)ccn2)c1. The zero-order chi connectivity index (χ0) is 16.8. The van der Waals surface area contributed by atoms with Crippen LogP contribution in [0.4, 0.5) is 5.82 Å². The number of amides is 1. The number of nitrogens with one attached hydrogen (secondary N) is 2. The molecule has 2 N–H and O–H groups in total. The van der Waals surface area contributed by atoms with Crippen molar-refractivity contribution in [1.82, 2.24) is 10.3 Å². The molecule has 0 radical (unpaired) electrons. The fraction of sp³-hybridized carbons (Fsp3) is 0.188. The van der Waals surface area contributed by atoms with Gasteiger partial charge in [-0.1, -0.05) is 0 Å². The van der Waals surface area contributed by atoms with E-state index >= 15 is 0 Å². The fourth-order valence-corrected chi connectivity index (χ4v) is 2.06. The van der Waals surface area contributed by atoms with Gasteiger partial charge in [-0.3, -0.25) is 10.1 Å². The second-order valence-electron chi connectivity index (χ2n) is 4.73. The molecule has 2 aromatic rings. The Morgan fingerprint density at radius 3 is 2.35 bits per heavy atom. The van der Waals surface area contributed by atoms with Gasteiger partial charge in [0, 0.05) is 17.8 Å². The lowest BCUT2D eigenvalue weighted by Crippen LogP contribution is -2.34. The molecule has 120 valence electrons. The topological polar surface area (TPSA) is 72.5 Å². The van der Waals surface area contributed by atoms with Crippen LogP contribution in [0.3, 0.4) is 0 Å². The van der Waals surface area contributed by atoms with Gasteiger partial charge < -0.3 is 14.8 Å². The predicted molar refractivity (Wildman–Crippen MR) is 92.2 cm³/mol. The van der Waals surface area contributed by atoms with Crippen LogP contribution < -0.4 is 20.1 Å². The van der Waals surface area contributed by atoms with Gasteiger partial charge >= 0.3 is 0 Å². The number of pyridine rings is 1. The number of thiocarbonyl (C=S) groups is 1. The van der Waals surface area contributed by atoms with Gasteiger partial charge in [-0.15, -0.1) is 0 Å². The van der Waals surface area contributed by atoms with Gasteiger partial charge in [0.2, 0.25) is 0 Å². The average Bonchev–Trinajstić information content (AvgIpc) is 2.54. The number of methoxy groups -OCH3 is 2.